The van der Waals surface area contributed by atoms with E-state index in [-0.39, 0.29) is 5.91 Å². The number of anilines is 2. The molecule has 160 valence electrons. The number of hydrogen-bond acceptors (Lipinski definition) is 5. The van der Waals surface area contributed by atoms with Crippen LogP contribution in [0, 0.1) is 0 Å². The number of amides is 1. The van der Waals surface area contributed by atoms with Crippen molar-refractivity contribution in [2.24, 2.45) is 0 Å². The summed E-state index contributed by atoms with van der Waals surface area (Å²) < 4.78 is 0. The van der Waals surface area contributed by atoms with E-state index in [4.69, 9.17) is 11.6 Å². The fraction of sp³-hybridized carbons (Fsp3) is 0.292. The van der Waals surface area contributed by atoms with Gasteiger partial charge in [0, 0.05) is 30.2 Å². The second kappa shape index (κ2) is 10.4. The Hall–Kier alpha value is -2.96. The number of aromatic nitrogens is 2. The molecule has 1 amide bonds. The first-order valence-corrected chi connectivity index (χ1v) is 11.0. The van der Waals surface area contributed by atoms with Crippen molar-refractivity contribution in [2.75, 3.05) is 36.8 Å². The summed E-state index contributed by atoms with van der Waals surface area (Å²) in [4.78, 5) is 23.8. The van der Waals surface area contributed by atoms with E-state index in [9.17, 15) is 4.79 Å². The molecule has 3 aromatic rings. The van der Waals surface area contributed by atoms with E-state index < -0.39 is 0 Å². The molecule has 1 aromatic carbocycles. The van der Waals surface area contributed by atoms with Crippen molar-refractivity contribution in [2.45, 2.75) is 19.3 Å². The molecule has 1 aliphatic rings. The van der Waals surface area contributed by atoms with Gasteiger partial charge in [0.2, 0.25) is 0 Å². The van der Waals surface area contributed by atoms with Crippen molar-refractivity contribution in [3.05, 3.63) is 71.5 Å². The Labute approximate surface area is 187 Å². The van der Waals surface area contributed by atoms with E-state index in [2.05, 4.69) is 25.5 Å². The second-order valence-electron chi connectivity index (χ2n) is 7.62. The van der Waals surface area contributed by atoms with Crippen LogP contribution in [0.15, 0.2) is 60.9 Å². The number of halogens is 1. The van der Waals surface area contributed by atoms with Crippen LogP contribution in [0.3, 0.4) is 0 Å². The van der Waals surface area contributed by atoms with Gasteiger partial charge in [-0.3, -0.25) is 9.78 Å². The summed E-state index contributed by atoms with van der Waals surface area (Å²) in [6.07, 6.45) is 7.02. The molecule has 2 N–H and O–H groups in total. The van der Waals surface area contributed by atoms with Gasteiger partial charge in [-0.25, -0.2) is 4.98 Å². The molecule has 6 nitrogen and oxygen atoms in total. The Balaban J connectivity index is 1.32. The zero-order chi connectivity index (χ0) is 21.5. The van der Waals surface area contributed by atoms with Crippen LogP contribution in [-0.4, -0.2) is 47.0 Å². The van der Waals surface area contributed by atoms with Gasteiger partial charge in [0.1, 0.15) is 5.82 Å². The van der Waals surface area contributed by atoms with Crippen molar-refractivity contribution in [1.29, 1.82) is 0 Å². The lowest BCUT2D eigenvalue weighted by molar-refractivity contribution is 0.102. The Morgan fingerprint density at radius 1 is 1.06 bits per heavy atom. The summed E-state index contributed by atoms with van der Waals surface area (Å²) in [7, 11) is 0. The van der Waals surface area contributed by atoms with Crippen LogP contribution >= 0.6 is 11.6 Å². The third-order valence-corrected chi connectivity index (χ3v) is 5.68. The first-order valence-electron chi connectivity index (χ1n) is 10.6. The zero-order valence-corrected chi connectivity index (χ0v) is 18.1. The molecular weight excluding hydrogens is 410 g/mol. The lowest BCUT2D eigenvalue weighted by atomic mass is 10.1. The molecule has 1 fully saturated rings. The normalized spacial score (nSPS) is 13.8. The monoisotopic (exact) mass is 435 g/mol. The molecule has 3 heterocycles. The minimum Gasteiger partial charge on any atom is -0.370 e. The molecular formula is C24H26ClN5O. The molecule has 0 unspecified atom stereocenters. The van der Waals surface area contributed by atoms with Gasteiger partial charge in [0.15, 0.2) is 0 Å². The number of nitrogens with one attached hydrogen (secondary N) is 2. The molecule has 0 atom stereocenters. The van der Waals surface area contributed by atoms with Crippen LogP contribution in [0.25, 0.3) is 11.3 Å². The first kappa shape index (κ1) is 21.3. The van der Waals surface area contributed by atoms with Crippen molar-refractivity contribution >= 4 is 29.0 Å². The SMILES string of the molecule is O=C(Nc1ccc(Cl)c(-c2ccccn2)c1)c1ccc(NCCCN2CCCC2)nc1. The van der Waals surface area contributed by atoms with E-state index in [0.29, 0.717) is 16.3 Å². The molecule has 1 saturated heterocycles. The van der Waals surface area contributed by atoms with Crippen molar-refractivity contribution in [3.63, 3.8) is 0 Å². The summed E-state index contributed by atoms with van der Waals surface area (Å²) in [5, 5.41) is 6.81. The minimum atomic E-state index is -0.220. The zero-order valence-electron chi connectivity index (χ0n) is 17.4. The maximum absolute atomic E-state index is 12.6. The summed E-state index contributed by atoms with van der Waals surface area (Å²) in [5.41, 5.74) is 2.67. The number of nitrogens with zero attached hydrogens (tertiary/aromatic N) is 3. The Morgan fingerprint density at radius 2 is 1.94 bits per heavy atom. The predicted octanol–water partition coefficient (Wildman–Crippen LogP) is 4.95. The molecule has 0 bridgehead atoms. The van der Waals surface area contributed by atoms with Crippen LogP contribution in [0.4, 0.5) is 11.5 Å². The third kappa shape index (κ3) is 5.81. The third-order valence-electron chi connectivity index (χ3n) is 5.35. The highest BCUT2D eigenvalue weighted by Gasteiger charge is 2.11. The Bertz CT molecular complexity index is 1000. The summed E-state index contributed by atoms with van der Waals surface area (Å²) in [5.74, 6) is 0.560. The number of carbonyl (C=O) groups is 1. The standard InChI is InChI=1S/C24H26ClN5O/c25-21-9-8-19(16-20(21)22-6-1-2-11-26-22)29-24(31)18-7-10-23(28-17-18)27-12-5-15-30-13-3-4-14-30/h1-2,6-11,16-17H,3-5,12-15H2,(H,27,28)(H,29,31). The smallest absolute Gasteiger partial charge is 0.257 e. The van der Waals surface area contributed by atoms with Gasteiger partial charge in [0.05, 0.1) is 16.3 Å². The maximum atomic E-state index is 12.6. The fourth-order valence-electron chi connectivity index (χ4n) is 3.68. The van der Waals surface area contributed by atoms with Crippen LogP contribution in [0.5, 0.6) is 0 Å². The highest BCUT2D eigenvalue weighted by atomic mass is 35.5. The van der Waals surface area contributed by atoms with Crippen molar-refractivity contribution in [3.8, 4) is 11.3 Å². The van der Waals surface area contributed by atoms with Gasteiger partial charge in [0.25, 0.3) is 5.91 Å². The molecule has 0 aliphatic carbocycles. The highest BCUT2D eigenvalue weighted by molar-refractivity contribution is 6.33. The molecule has 0 radical (unpaired) electrons. The molecule has 31 heavy (non-hydrogen) atoms. The molecule has 1 aliphatic heterocycles. The fourth-order valence-corrected chi connectivity index (χ4v) is 3.90. The van der Waals surface area contributed by atoms with Gasteiger partial charge in [-0.05, 0) is 81.4 Å². The first-order chi connectivity index (χ1) is 15.2. The van der Waals surface area contributed by atoms with E-state index in [1.165, 1.54) is 25.9 Å². The number of pyridine rings is 2. The summed E-state index contributed by atoms with van der Waals surface area (Å²) in [6.45, 7) is 4.43. The van der Waals surface area contributed by atoms with Gasteiger partial charge in [-0.15, -0.1) is 0 Å². The maximum Gasteiger partial charge on any atom is 0.257 e. The Morgan fingerprint density at radius 3 is 2.68 bits per heavy atom. The summed E-state index contributed by atoms with van der Waals surface area (Å²) >= 11 is 6.32. The molecule has 4 rings (SSSR count). The van der Waals surface area contributed by atoms with Gasteiger partial charge >= 0.3 is 0 Å². The molecule has 0 spiro atoms. The summed E-state index contributed by atoms with van der Waals surface area (Å²) in [6, 6.07) is 14.6. The van der Waals surface area contributed by atoms with Crippen LogP contribution in [0.1, 0.15) is 29.6 Å². The number of likely N-dealkylation sites (tertiary alicyclic amines) is 1. The van der Waals surface area contributed by atoms with Crippen LogP contribution in [0.2, 0.25) is 5.02 Å². The van der Waals surface area contributed by atoms with Crippen molar-refractivity contribution < 1.29 is 4.79 Å². The van der Waals surface area contributed by atoms with E-state index in [0.717, 1.165) is 36.6 Å². The van der Waals surface area contributed by atoms with Gasteiger partial charge < -0.3 is 15.5 Å². The molecule has 2 aromatic heterocycles. The quantitative estimate of drug-likeness (QED) is 0.490. The van der Waals surface area contributed by atoms with Crippen LogP contribution in [-0.2, 0) is 0 Å². The lowest BCUT2D eigenvalue weighted by Gasteiger charge is -2.14. The van der Waals surface area contributed by atoms with Gasteiger partial charge in [-0.1, -0.05) is 17.7 Å². The average Bonchev–Trinajstić information content (AvgIpc) is 3.32. The lowest BCUT2D eigenvalue weighted by Crippen LogP contribution is -2.22. The minimum absolute atomic E-state index is 0.220. The predicted molar refractivity (Wildman–Crippen MR) is 126 cm³/mol. The highest BCUT2D eigenvalue weighted by Crippen LogP contribution is 2.29. The molecule has 7 heteroatoms. The Kier molecular flexibility index (Phi) is 7.12. The number of benzene rings is 1. The average molecular weight is 436 g/mol. The van der Waals surface area contributed by atoms with E-state index in [1.807, 2.05) is 30.3 Å². The van der Waals surface area contributed by atoms with Gasteiger partial charge in [-0.2, -0.15) is 0 Å². The number of hydrogen-bond donors (Lipinski definition) is 2. The largest absolute Gasteiger partial charge is 0.370 e. The number of rotatable bonds is 8. The second-order valence-corrected chi connectivity index (χ2v) is 8.03. The molecule has 0 saturated carbocycles. The van der Waals surface area contributed by atoms with E-state index in [1.54, 1.807) is 30.6 Å². The van der Waals surface area contributed by atoms with E-state index >= 15 is 0 Å². The van der Waals surface area contributed by atoms with Crippen molar-refractivity contribution in [1.82, 2.24) is 14.9 Å². The topological polar surface area (TPSA) is 70.2 Å². The van der Waals surface area contributed by atoms with Crippen LogP contribution < -0.4 is 10.6 Å². The number of carbonyl (C=O) groups excluding carboxylic acids is 1.